The Balaban J connectivity index is 1.65. The third-order valence-electron chi connectivity index (χ3n) is 6.38. The van der Waals surface area contributed by atoms with Gasteiger partial charge in [-0.2, -0.15) is 26.3 Å². The van der Waals surface area contributed by atoms with E-state index in [1.54, 1.807) is 0 Å². The Morgan fingerprint density at radius 3 is 2.29 bits per heavy atom. The summed E-state index contributed by atoms with van der Waals surface area (Å²) in [4.78, 5) is 24.7. The van der Waals surface area contributed by atoms with Crippen molar-refractivity contribution in [2.75, 3.05) is 18.4 Å². The topological polar surface area (TPSA) is 96.6 Å². The van der Waals surface area contributed by atoms with Gasteiger partial charge in [0, 0.05) is 36.7 Å². The number of nitrogens with one attached hydrogen (secondary N) is 1. The largest absolute Gasteiger partial charge is 0.416 e. The summed E-state index contributed by atoms with van der Waals surface area (Å²) in [6, 6.07) is 4.44. The van der Waals surface area contributed by atoms with E-state index in [1.165, 1.54) is 17.0 Å². The molecule has 2 aliphatic heterocycles. The number of hydrogen-bond acceptors (Lipinski definition) is 7. The van der Waals surface area contributed by atoms with Crippen LogP contribution < -0.4 is 5.32 Å². The summed E-state index contributed by atoms with van der Waals surface area (Å²) >= 11 is 0. The van der Waals surface area contributed by atoms with Crippen LogP contribution in [0.25, 0.3) is 0 Å². The molecule has 0 amide bonds. The standard InChI is InChI=1S/C24H24F6N6O2/c1-13(2)20-33-19-8-10-35(22-18(24(28,29)30)11-16(12-31-22)36(37)38)9-7-17(19)21(34-20)32-15-5-3-14(4-6-15)23(25,26)27/h3-6,12-13,18H,7-11H2,1-2H3,(H,32,33,34). The highest BCUT2D eigenvalue weighted by Crippen LogP contribution is 2.37. The van der Waals surface area contributed by atoms with Crippen molar-refractivity contribution in [3.05, 3.63) is 68.9 Å². The van der Waals surface area contributed by atoms with Crippen LogP contribution in [0.4, 0.5) is 37.8 Å². The van der Waals surface area contributed by atoms with Crippen LogP contribution >= 0.6 is 0 Å². The lowest BCUT2D eigenvalue weighted by Gasteiger charge is -2.32. The van der Waals surface area contributed by atoms with Crippen molar-refractivity contribution in [2.45, 2.75) is 51.4 Å². The van der Waals surface area contributed by atoms with E-state index in [0.717, 1.165) is 18.3 Å². The first-order chi connectivity index (χ1) is 17.7. The Labute approximate surface area is 213 Å². The number of halogens is 6. The summed E-state index contributed by atoms with van der Waals surface area (Å²) in [5, 5.41) is 14.1. The number of nitro groups is 1. The van der Waals surface area contributed by atoms with E-state index in [1.807, 2.05) is 13.8 Å². The number of rotatable bonds is 4. The lowest BCUT2D eigenvalue weighted by atomic mass is 9.98. The fraction of sp³-hybridized carbons (Fsp3) is 0.458. The fourth-order valence-corrected chi connectivity index (χ4v) is 4.36. The van der Waals surface area contributed by atoms with Gasteiger partial charge in [0.15, 0.2) is 0 Å². The average molecular weight is 542 g/mol. The van der Waals surface area contributed by atoms with Crippen molar-refractivity contribution in [1.82, 2.24) is 14.9 Å². The second-order valence-corrected chi connectivity index (χ2v) is 9.36. The Kier molecular flexibility index (Phi) is 7.35. The molecule has 2 aromatic rings. The maximum absolute atomic E-state index is 13.8. The molecule has 3 heterocycles. The van der Waals surface area contributed by atoms with E-state index >= 15 is 0 Å². The van der Waals surface area contributed by atoms with E-state index in [-0.39, 0.29) is 37.7 Å². The Hall–Kier alpha value is -3.71. The molecule has 0 saturated carbocycles. The summed E-state index contributed by atoms with van der Waals surface area (Å²) in [6.07, 6.45) is -8.67. The molecule has 0 fully saturated rings. The summed E-state index contributed by atoms with van der Waals surface area (Å²) in [6.45, 7) is 4.01. The molecular formula is C24H24F6N6O2. The van der Waals surface area contributed by atoms with Crippen molar-refractivity contribution in [3.63, 3.8) is 0 Å². The van der Waals surface area contributed by atoms with Crippen LogP contribution in [0.15, 0.2) is 41.2 Å². The second-order valence-electron chi connectivity index (χ2n) is 9.36. The molecule has 4 rings (SSSR count). The van der Waals surface area contributed by atoms with E-state index < -0.39 is 40.9 Å². The average Bonchev–Trinajstić information content (AvgIpc) is 3.05. The van der Waals surface area contributed by atoms with E-state index in [2.05, 4.69) is 20.3 Å². The van der Waals surface area contributed by atoms with E-state index in [4.69, 9.17) is 0 Å². The minimum atomic E-state index is -4.73. The van der Waals surface area contributed by atoms with Gasteiger partial charge in [0.05, 0.1) is 22.6 Å². The zero-order valence-corrected chi connectivity index (χ0v) is 20.4. The minimum absolute atomic E-state index is 0.0872. The predicted molar refractivity (Wildman–Crippen MR) is 127 cm³/mol. The van der Waals surface area contributed by atoms with Gasteiger partial charge in [-0.05, 0) is 30.7 Å². The number of allylic oxidation sites excluding steroid dienone is 1. The van der Waals surface area contributed by atoms with Crippen molar-refractivity contribution < 1.29 is 31.3 Å². The van der Waals surface area contributed by atoms with Crippen molar-refractivity contribution in [3.8, 4) is 0 Å². The Bertz CT molecular complexity index is 1270. The number of alkyl halides is 6. The van der Waals surface area contributed by atoms with Crippen LogP contribution in [0.2, 0.25) is 0 Å². The first-order valence-electron chi connectivity index (χ1n) is 11.8. The number of fused-ring (bicyclic) bond motifs is 1. The number of aliphatic imine (C=N–C) groups is 1. The molecule has 38 heavy (non-hydrogen) atoms. The number of nitrogens with zero attached hydrogens (tertiary/aromatic N) is 5. The highest BCUT2D eigenvalue weighted by Gasteiger charge is 2.48. The second kappa shape index (κ2) is 10.2. The highest BCUT2D eigenvalue weighted by atomic mass is 19.4. The van der Waals surface area contributed by atoms with Gasteiger partial charge < -0.3 is 10.2 Å². The van der Waals surface area contributed by atoms with Crippen LogP contribution in [0.3, 0.4) is 0 Å². The molecule has 0 radical (unpaired) electrons. The van der Waals surface area contributed by atoms with E-state index in [0.29, 0.717) is 28.6 Å². The fourth-order valence-electron chi connectivity index (χ4n) is 4.36. The van der Waals surface area contributed by atoms with Gasteiger partial charge in [-0.15, -0.1) is 0 Å². The molecule has 1 aromatic carbocycles. The molecule has 0 spiro atoms. The zero-order valence-electron chi connectivity index (χ0n) is 20.4. The molecule has 0 aliphatic carbocycles. The van der Waals surface area contributed by atoms with Gasteiger partial charge in [-0.1, -0.05) is 13.8 Å². The van der Waals surface area contributed by atoms with Gasteiger partial charge in [0.25, 0.3) is 5.70 Å². The van der Waals surface area contributed by atoms with Crippen molar-refractivity contribution in [2.24, 2.45) is 10.9 Å². The van der Waals surface area contributed by atoms with Gasteiger partial charge >= 0.3 is 12.4 Å². The highest BCUT2D eigenvalue weighted by molar-refractivity contribution is 5.87. The number of anilines is 2. The number of hydrogen-bond donors (Lipinski definition) is 1. The normalized spacial score (nSPS) is 18.4. The number of aromatic nitrogens is 2. The molecule has 204 valence electrons. The zero-order chi connectivity index (χ0) is 27.8. The maximum Gasteiger partial charge on any atom is 0.416 e. The molecule has 14 heteroatoms. The summed E-state index contributed by atoms with van der Waals surface area (Å²) in [5.41, 5.74) is 0.204. The lowest BCUT2D eigenvalue weighted by molar-refractivity contribution is -0.430. The van der Waals surface area contributed by atoms with Crippen LogP contribution in [0, 0.1) is 16.0 Å². The Morgan fingerprint density at radius 1 is 1.05 bits per heavy atom. The van der Waals surface area contributed by atoms with E-state index in [9.17, 15) is 36.5 Å². The van der Waals surface area contributed by atoms with Crippen molar-refractivity contribution >= 4 is 17.3 Å². The minimum Gasteiger partial charge on any atom is -0.359 e. The third kappa shape index (κ3) is 5.89. The molecular weight excluding hydrogens is 518 g/mol. The van der Waals surface area contributed by atoms with Crippen LogP contribution in [0.1, 0.15) is 48.8 Å². The van der Waals surface area contributed by atoms with Crippen LogP contribution in [0.5, 0.6) is 0 Å². The predicted octanol–water partition coefficient (Wildman–Crippen LogP) is 5.86. The molecule has 0 saturated heterocycles. The van der Waals surface area contributed by atoms with Gasteiger partial charge in [0.1, 0.15) is 29.6 Å². The molecule has 1 aromatic heterocycles. The molecule has 1 unspecified atom stereocenters. The third-order valence-corrected chi connectivity index (χ3v) is 6.38. The summed E-state index contributed by atoms with van der Waals surface area (Å²) < 4.78 is 80.4. The van der Waals surface area contributed by atoms with Gasteiger partial charge in [-0.25, -0.2) is 15.0 Å². The maximum atomic E-state index is 13.8. The first-order valence-corrected chi connectivity index (χ1v) is 11.8. The number of amidine groups is 1. The van der Waals surface area contributed by atoms with Gasteiger partial charge in [0.2, 0.25) is 0 Å². The first kappa shape index (κ1) is 27.3. The van der Waals surface area contributed by atoms with Gasteiger partial charge in [-0.3, -0.25) is 10.1 Å². The lowest BCUT2D eigenvalue weighted by Crippen LogP contribution is -2.45. The van der Waals surface area contributed by atoms with Crippen LogP contribution in [-0.4, -0.2) is 44.9 Å². The van der Waals surface area contributed by atoms with Crippen LogP contribution in [-0.2, 0) is 19.0 Å². The molecule has 1 N–H and O–H groups in total. The Morgan fingerprint density at radius 2 is 1.71 bits per heavy atom. The molecule has 2 aliphatic rings. The molecule has 0 bridgehead atoms. The SMILES string of the molecule is CC(C)c1nc2c(c(Nc3ccc(C(F)(F)F)cc3)n1)CCN(C1=NC=C([N+](=O)[O-])CC1C(F)(F)F)CC2. The summed E-state index contributed by atoms with van der Waals surface area (Å²) in [7, 11) is 0. The smallest absolute Gasteiger partial charge is 0.359 e. The molecule has 1 atom stereocenters. The summed E-state index contributed by atoms with van der Waals surface area (Å²) in [5.74, 6) is -1.64. The quantitative estimate of drug-likeness (QED) is 0.295. The monoisotopic (exact) mass is 542 g/mol. The number of benzene rings is 1. The van der Waals surface area contributed by atoms with Crippen molar-refractivity contribution in [1.29, 1.82) is 0 Å². The molecule has 8 nitrogen and oxygen atoms in total.